The van der Waals surface area contributed by atoms with Gasteiger partial charge in [0.05, 0.1) is 7.11 Å². The fourth-order valence-electron chi connectivity index (χ4n) is 3.63. The van der Waals surface area contributed by atoms with E-state index in [-0.39, 0.29) is 0 Å². The molecule has 1 N–H and O–H groups in total. The van der Waals surface area contributed by atoms with Crippen LogP contribution in [0.15, 0.2) is 54.6 Å². The number of aromatic nitrogens is 2. The fraction of sp³-hybridized carbons (Fsp3) is 0.304. The zero-order valence-electron chi connectivity index (χ0n) is 16.5. The highest BCUT2D eigenvalue weighted by Crippen LogP contribution is 2.31. The maximum Gasteiger partial charge on any atom is 0.232 e. The van der Waals surface area contributed by atoms with Gasteiger partial charge >= 0.3 is 0 Å². The number of aryl methyl sites for hydroxylation is 2. The molecule has 0 aliphatic carbocycles. The Hall–Kier alpha value is -3.08. The van der Waals surface area contributed by atoms with Crippen LogP contribution in [0.25, 0.3) is 0 Å². The lowest BCUT2D eigenvalue weighted by Crippen LogP contribution is -2.26. The Morgan fingerprint density at radius 1 is 1.07 bits per heavy atom. The Bertz CT molecular complexity index is 940. The first kappa shape index (κ1) is 18.3. The summed E-state index contributed by atoms with van der Waals surface area (Å²) in [5, 5.41) is 3.46. The SMILES string of the molecule is COc1ccc(CCNc2cc(C)nc(N3CCCc4ccccc43)n2)cc1. The molecule has 144 valence electrons. The second kappa shape index (κ2) is 8.30. The maximum atomic E-state index is 5.21. The van der Waals surface area contributed by atoms with E-state index in [1.54, 1.807) is 7.11 Å². The van der Waals surface area contributed by atoms with Gasteiger partial charge in [-0.15, -0.1) is 0 Å². The van der Waals surface area contributed by atoms with Gasteiger partial charge in [0, 0.05) is 30.5 Å². The number of para-hydroxylation sites is 1. The van der Waals surface area contributed by atoms with Crippen LogP contribution in [0.5, 0.6) is 5.75 Å². The zero-order valence-corrected chi connectivity index (χ0v) is 16.5. The van der Waals surface area contributed by atoms with Crippen molar-refractivity contribution >= 4 is 17.5 Å². The lowest BCUT2D eigenvalue weighted by atomic mass is 10.0. The highest BCUT2D eigenvalue weighted by Gasteiger charge is 2.20. The van der Waals surface area contributed by atoms with Crippen molar-refractivity contribution in [1.82, 2.24) is 9.97 Å². The molecule has 0 spiro atoms. The topological polar surface area (TPSA) is 50.3 Å². The molecule has 4 rings (SSSR count). The first-order valence-electron chi connectivity index (χ1n) is 9.81. The number of nitrogens with one attached hydrogen (secondary N) is 1. The summed E-state index contributed by atoms with van der Waals surface area (Å²) in [6.07, 6.45) is 3.16. The van der Waals surface area contributed by atoms with E-state index in [0.29, 0.717) is 0 Å². The monoisotopic (exact) mass is 374 g/mol. The third kappa shape index (κ3) is 4.09. The van der Waals surface area contributed by atoms with Crippen LogP contribution in [0, 0.1) is 6.92 Å². The number of rotatable bonds is 6. The van der Waals surface area contributed by atoms with Gasteiger partial charge in [-0.05, 0) is 55.5 Å². The molecule has 3 aromatic rings. The van der Waals surface area contributed by atoms with Gasteiger partial charge < -0.3 is 15.0 Å². The third-order valence-corrected chi connectivity index (χ3v) is 5.07. The number of benzene rings is 2. The van der Waals surface area contributed by atoms with E-state index in [1.807, 2.05) is 25.1 Å². The van der Waals surface area contributed by atoms with Gasteiger partial charge in [-0.2, -0.15) is 4.98 Å². The molecule has 5 heteroatoms. The number of methoxy groups -OCH3 is 1. The van der Waals surface area contributed by atoms with E-state index in [2.05, 4.69) is 46.6 Å². The molecule has 28 heavy (non-hydrogen) atoms. The van der Waals surface area contributed by atoms with Crippen molar-refractivity contribution in [3.8, 4) is 5.75 Å². The number of ether oxygens (including phenoxy) is 1. The van der Waals surface area contributed by atoms with Gasteiger partial charge in [0.15, 0.2) is 0 Å². The molecule has 2 heterocycles. The van der Waals surface area contributed by atoms with E-state index in [9.17, 15) is 0 Å². The molecule has 0 bridgehead atoms. The van der Waals surface area contributed by atoms with Crippen molar-refractivity contribution in [3.05, 3.63) is 71.4 Å². The molecule has 0 unspecified atom stereocenters. The minimum absolute atomic E-state index is 0.777. The summed E-state index contributed by atoms with van der Waals surface area (Å²) in [5.74, 6) is 2.53. The molecule has 1 aromatic heterocycles. The molecule has 0 radical (unpaired) electrons. The van der Waals surface area contributed by atoms with Gasteiger partial charge in [0.25, 0.3) is 0 Å². The van der Waals surface area contributed by atoms with E-state index in [0.717, 1.165) is 55.6 Å². The molecule has 0 atom stereocenters. The summed E-state index contributed by atoms with van der Waals surface area (Å²) in [6, 6.07) is 18.7. The van der Waals surface area contributed by atoms with Gasteiger partial charge in [-0.25, -0.2) is 4.98 Å². The molecule has 5 nitrogen and oxygen atoms in total. The summed E-state index contributed by atoms with van der Waals surface area (Å²) in [5.41, 5.74) is 4.83. The number of fused-ring (bicyclic) bond motifs is 1. The van der Waals surface area contributed by atoms with E-state index in [4.69, 9.17) is 14.7 Å². The van der Waals surface area contributed by atoms with Gasteiger partial charge in [-0.3, -0.25) is 0 Å². The van der Waals surface area contributed by atoms with E-state index >= 15 is 0 Å². The van der Waals surface area contributed by atoms with Gasteiger partial charge in [-0.1, -0.05) is 30.3 Å². The summed E-state index contributed by atoms with van der Waals surface area (Å²) in [6.45, 7) is 3.79. The summed E-state index contributed by atoms with van der Waals surface area (Å²) in [4.78, 5) is 11.7. The van der Waals surface area contributed by atoms with E-state index in [1.165, 1.54) is 16.8 Å². The van der Waals surface area contributed by atoms with Crippen molar-refractivity contribution in [3.63, 3.8) is 0 Å². The van der Waals surface area contributed by atoms with Crippen LogP contribution >= 0.6 is 0 Å². The second-order valence-corrected chi connectivity index (χ2v) is 7.10. The average Bonchev–Trinajstić information content (AvgIpc) is 2.73. The van der Waals surface area contributed by atoms with Crippen LogP contribution in [-0.4, -0.2) is 30.2 Å². The summed E-state index contributed by atoms with van der Waals surface area (Å²) >= 11 is 0. The smallest absolute Gasteiger partial charge is 0.232 e. The normalized spacial score (nSPS) is 13.1. The lowest BCUT2D eigenvalue weighted by molar-refractivity contribution is 0.414. The zero-order chi connectivity index (χ0) is 19.3. The molecule has 2 aromatic carbocycles. The predicted molar refractivity (Wildman–Crippen MR) is 114 cm³/mol. The average molecular weight is 374 g/mol. The van der Waals surface area contributed by atoms with Gasteiger partial charge in [0.1, 0.15) is 11.6 Å². The van der Waals surface area contributed by atoms with Crippen LogP contribution in [0.4, 0.5) is 17.5 Å². The Balaban J connectivity index is 1.47. The van der Waals surface area contributed by atoms with Gasteiger partial charge in [0.2, 0.25) is 5.95 Å². The van der Waals surface area contributed by atoms with Crippen molar-refractivity contribution in [1.29, 1.82) is 0 Å². The first-order chi connectivity index (χ1) is 13.7. The van der Waals surface area contributed by atoms with Crippen molar-refractivity contribution in [2.75, 3.05) is 30.4 Å². The Kier molecular flexibility index (Phi) is 5.42. The molecular formula is C23H26N4O. The minimum atomic E-state index is 0.777. The first-order valence-corrected chi connectivity index (χ1v) is 9.81. The molecular weight excluding hydrogens is 348 g/mol. The van der Waals surface area contributed by atoms with Crippen molar-refractivity contribution in [2.45, 2.75) is 26.2 Å². The fourth-order valence-corrected chi connectivity index (χ4v) is 3.63. The van der Waals surface area contributed by atoms with Crippen LogP contribution in [0.1, 0.15) is 23.2 Å². The molecule has 0 fully saturated rings. The highest BCUT2D eigenvalue weighted by molar-refractivity contribution is 5.64. The Morgan fingerprint density at radius 3 is 2.71 bits per heavy atom. The Labute approximate surface area is 166 Å². The largest absolute Gasteiger partial charge is 0.497 e. The van der Waals surface area contributed by atoms with Crippen LogP contribution in [0.3, 0.4) is 0 Å². The number of nitrogens with zero attached hydrogens (tertiary/aromatic N) is 3. The van der Waals surface area contributed by atoms with Crippen LogP contribution in [0.2, 0.25) is 0 Å². The van der Waals surface area contributed by atoms with Crippen LogP contribution in [-0.2, 0) is 12.8 Å². The second-order valence-electron chi connectivity index (χ2n) is 7.10. The predicted octanol–water partition coefficient (Wildman–Crippen LogP) is 4.53. The molecule has 0 saturated heterocycles. The summed E-state index contributed by atoms with van der Waals surface area (Å²) < 4.78 is 5.21. The number of hydrogen-bond acceptors (Lipinski definition) is 5. The third-order valence-electron chi connectivity index (χ3n) is 5.07. The number of anilines is 3. The summed E-state index contributed by atoms with van der Waals surface area (Å²) in [7, 11) is 1.69. The standard InChI is InChI=1S/C23H26N4O/c1-17-16-22(24-14-13-18-9-11-20(28-2)12-10-18)26-23(25-17)27-15-5-7-19-6-3-4-8-21(19)27/h3-4,6,8-12,16H,5,7,13-15H2,1-2H3,(H,24,25,26). The molecule has 0 amide bonds. The molecule has 1 aliphatic heterocycles. The minimum Gasteiger partial charge on any atom is -0.497 e. The highest BCUT2D eigenvalue weighted by atomic mass is 16.5. The molecule has 0 saturated carbocycles. The maximum absolute atomic E-state index is 5.21. The number of hydrogen-bond donors (Lipinski definition) is 1. The molecule has 1 aliphatic rings. The quantitative estimate of drug-likeness (QED) is 0.687. The van der Waals surface area contributed by atoms with Crippen molar-refractivity contribution < 1.29 is 4.74 Å². The van der Waals surface area contributed by atoms with Crippen molar-refractivity contribution in [2.24, 2.45) is 0 Å². The lowest BCUT2D eigenvalue weighted by Gasteiger charge is -2.29. The Morgan fingerprint density at radius 2 is 1.89 bits per heavy atom. The van der Waals surface area contributed by atoms with Crippen LogP contribution < -0.4 is 15.0 Å². The van der Waals surface area contributed by atoms with E-state index < -0.39 is 0 Å².